The number of hydrogen-bond acceptors (Lipinski definition) is 2. The normalized spacial score (nSPS) is 15.7. The van der Waals surface area contributed by atoms with Crippen LogP contribution in [0.3, 0.4) is 0 Å². The van der Waals surface area contributed by atoms with Crippen molar-refractivity contribution < 1.29 is 4.79 Å². The first-order chi connectivity index (χ1) is 11.6. The number of nitrogens with zero attached hydrogens (tertiary/aromatic N) is 2. The summed E-state index contributed by atoms with van der Waals surface area (Å²) < 4.78 is 0. The number of benzene rings is 1. The standard InChI is InChI=1S/C19H30N4O.HI/c1-4-17(23-12-6-9-18(23)24)10-11-21-19(20-3)22-14-16-8-5-7-15(2)13-16;/h5,7-8,13,17H,4,6,9-12,14H2,1-3H3,(H2,20,21,22);1H. The van der Waals surface area contributed by atoms with E-state index in [4.69, 9.17) is 0 Å². The zero-order valence-corrected chi connectivity index (χ0v) is 17.9. The highest BCUT2D eigenvalue weighted by Crippen LogP contribution is 2.17. The lowest BCUT2D eigenvalue weighted by molar-refractivity contribution is -0.129. The van der Waals surface area contributed by atoms with Crippen LogP contribution in [0.4, 0.5) is 0 Å². The van der Waals surface area contributed by atoms with Crippen LogP contribution in [0.5, 0.6) is 0 Å². The van der Waals surface area contributed by atoms with Crippen LogP contribution in [0.15, 0.2) is 29.3 Å². The van der Waals surface area contributed by atoms with Crippen molar-refractivity contribution in [3.05, 3.63) is 35.4 Å². The number of likely N-dealkylation sites (tertiary alicyclic amines) is 1. The maximum absolute atomic E-state index is 11.9. The number of guanidine groups is 1. The maximum Gasteiger partial charge on any atom is 0.222 e. The first-order valence-corrected chi connectivity index (χ1v) is 8.93. The molecule has 2 rings (SSSR count). The molecule has 25 heavy (non-hydrogen) atoms. The van der Waals surface area contributed by atoms with Crippen LogP contribution in [-0.2, 0) is 11.3 Å². The Labute approximate surface area is 168 Å². The van der Waals surface area contributed by atoms with Gasteiger partial charge in [0.15, 0.2) is 5.96 Å². The van der Waals surface area contributed by atoms with Crippen molar-refractivity contribution in [3.63, 3.8) is 0 Å². The Balaban J connectivity index is 0.00000312. The summed E-state index contributed by atoms with van der Waals surface area (Å²) in [6.07, 6.45) is 3.67. The molecule has 140 valence electrons. The molecule has 1 aromatic rings. The Morgan fingerprint density at radius 1 is 1.36 bits per heavy atom. The number of halogens is 1. The highest BCUT2D eigenvalue weighted by molar-refractivity contribution is 14.0. The van der Waals surface area contributed by atoms with E-state index in [-0.39, 0.29) is 24.0 Å². The van der Waals surface area contributed by atoms with Gasteiger partial charge in [-0.05, 0) is 31.7 Å². The predicted molar refractivity (Wildman–Crippen MR) is 114 cm³/mol. The molecule has 1 heterocycles. The summed E-state index contributed by atoms with van der Waals surface area (Å²) in [4.78, 5) is 18.2. The number of amides is 1. The summed E-state index contributed by atoms with van der Waals surface area (Å²) in [5, 5.41) is 6.70. The van der Waals surface area contributed by atoms with E-state index >= 15 is 0 Å². The number of aliphatic imine (C=N–C) groups is 1. The first kappa shape index (κ1) is 21.7. The fourth-order valence-corrected chi connectivity index (χ4v) is 3.22. The van der Waals surface area contributed by atoms with Gasteiger partial charge in [0.05, 0.1) is 0 Å². The summed E-state index contributed by atoms with van der Waals surface area (Å²) in [7, 11) is 1.78. The summed E-state index contributed by atoms with van der Waals surface area (Å²) in [6, 6.07) is 8.79. The highest BCUT2D eigenvalue weighted by atomic mass is 127. The monoisotopic (exact) mass is 458 g/mol. The van der Waals surface area contributed by atoms with E-state index in [1.54, 1.807) is 7.05 Å². The quantitative estimate of drug-likeness (QED) is 0.375. The second-order valence-corrected chi connectivity index (χ2v) is 6.38. The minimum Gasteiger partial charge on any atom is -0.356 e. The van der Waals surface area contributed by atoms with Crippen molar-refractivity contribution in [1.82, 2.24) is 15.5 Å². The smallest absolute Gasteiger partial charge is 0.222 e. The number of nitrogens with one attached hydrogen (secondary N) is 2. The van der Waals surface area contributed by atoms with E-state index in [0.717, 1.165) is 44.9 Å². The van der Waals surface area contributed by atoms with E-state index in [1.165, 1.54) is 11.1 Å². The predicted octanol–water partition coefficient (Wildman–Crippen LogP) is 3.07. The number of carbonyl (C=O) groups excluding carboxylic acids is 1. The fraction of sp³-hybridized carbons (Fsp3) is 0.579. The van der Waals surface area contributed by atoms with Gasteiger partial charge in [-0.1, -0.05) is 36.8 Å². The van der Waals surface area contributed by atoms with Gasteiger partial charge in [-0.15, -0.1) is 24.0 Å². The molecule has 1 atom stereocenters. The molecule has 2 N–H and O–H groups in total. The lowest BCUT2D eigenvalue weighted by atomic mass is 10.1. The van der Waals surface area contributed by atoms with Gasteiger partial charge < -0.3 is 15.5 Å². The summed E-state index contributed by atoms with van der Waals surface area (Å²) in [6.45, 7) is 6.73. The zero-order chi connectivity index (χ0) is 17.4. The van der Waals surface area contributed by atoms with Crippen LogP contribution < -0.4 is 10.6 Å². The van der Waals surface area contributed by atoms with Gasteiger partial charge in [-0.3, -0.25) is 9.79 Å². The zero-order valence-electron chi connectivity index (χ0n) is 15.5. The Kier molecular flexibility index (Phi) is 9.85. The Bertz CT molecular complexity index is 576. The van der Waals surface area contributed by atoms with Gasteiger partial charge in [-0.2, -0.15) is 0 Å². The molecule has 1 unspecified atom stereocenters. The molecule has 0 bridgehead atoms. The minimum absolute atomic E-state index is 0. The fourth-order valence-electron chi connectivity index (χ4n) is 3.22. The van der Waals surface area contributed by atoms with E-state index in [9.17, 15) is 4.79 Å². The van der Waals surface area contributed by atoms with Crippen LogP contribution in [0, 0.1) is 6.92 Å². The molecule has 1 aromatic carbocycles. The molecule has 0 radical (unpaired) electrons. The molecule has 1 aliphatic heterocycles. The molecule has 6 heteroatoms. The maximum atomic E-state index is 11.9. The van der Waals surface area contributed by atoms with Crippen LogP contribution in [-0.4, -0.2) is 42.9 Å². The third-order valence-electron chi connectivity index (χ3n) is 4.56. The molecule has 1 amide bonds. The molecule has 0 aliphatic carbocycles. The second kappa shape index (κ2) is 11.3. The van der Waals surface area contributed by atoms with Crippen molar-refractivity contribution in [1.29, 1.82) is 0 Å². The van der Waals surface area contributed by atoms with Gasteiger partial charge in [0.1, 0.15) is 0 Å². The summed E-state index contributed by atoms with van der Waals surface area (Å²) in [5.41, 5.74) is 2.50. The molecule has 0 spiro atoms. The lowest BCUT2D eigenvalue weighted by Crippen LogP contribution is -2.41. The Morgan fingerprint density at radius 3 is 2.76 bits per heavy atom. The Morgan fingerprint density at radius 2 is 2.16 bits per heavy atom. The summed E-state index contributed by atoms with van der Waals surface area (Å²) >= 11 is 0. The van der Waals surface area contributed by atoms with E-state index in [1.807, 2.05) is 4.90 Å². The molecule has 0 aromatic heterocycles. The van der Waals surface area contributed by atoms with Gasteiger partial charge in [-0.25, -0.2) is 0 Å². The summed E-state index contributed by atoms with van der Waals surface area (Å²) in [5.74, 6) is 1.11. The van der Waals surface area contributed by atoms with Gasteiger partial charge in [0.25, 0.3) is 0 Å². The van der Waals surface area contributed by atoms with E-state index < -0.39 is 0 Å². The topological polar surface area (TPSA) is 56.7 Å². The van der Waals surface area contributed by atoms with Crippen LogP contribution in [0.2, 0.25) is 0 Å². The highest BCUT2D eigenvalue weighted by Gasteiger charge is 2.26. The lowest BCUT2D eigenvalue weighted by Gasteiger charge is -2.27. The van der Waals surface area contributed by atoms with Gasteiger partial charge >= 0.3 is 0 Å². The van der Waals surface area contributed by atoms with E-state index in [0.29, 0.717) is 18.4 Å². The molecule has 5 nitrogen and oxygen atoms in total. The third-order valence-corrected chi connectivity index (χ3v) is 4.56. The molecular weight excluding hydrogens is 427 g/mol. The van der Waals surface area contributed by atoms with Gasteiger partial charge in [0.2, 0.25) is 5.91 Å². The van der Waals surface area contributed by atoms with Crippen LogP contribution >= 0.6 is 24.0 Å². The molecule has 1 saturated heterocycles. The molecular formula is C19H31IN4O. The second-order valence-electron chi connectivity index (χ2n) is 6.38. The number of rotatable bonds is 7. The van der Waals surface area contributed by atoms with Crippen LogP contribution in [0.25, 0.3) is 0 Å². The molecule has 0 saturated carbocycles. The van der Waals surface area contributed by atoms with Crippen molar-refractivity contribution in [2.45, 2.75) is 52.1 Å². The minimum atomic E-state index is 0. The van der Waals surface area contributed by atoms with Crippen molar-refractivity contribution in [3.8, 4) is 0 Å². The van der Waals surface area contributed by atoms with Crippen LogP contribution in [0.1, 0.15) is 43.7 Å². The average Bonchev–Trinajstić information content (AvgIpc) is 3.00. The molecule has 1 fully saturated rings. The van der Waals surface area contributed by atoms with Crippen molar-refractivity contribution in [2.24, 2.45) is 4.99 Å². The first-order valence-electron chi connectivity index (χ1n) is 8.93. The SMILES string of the molecule is CCC(CCNC(=NC)NCc1cccc(C)c1)N1CCCC1=O.I. The average molecular weight is 458 g/mol. The molecule has 1 aliphatic rings. The van der Waals surface area contributed by atoms with Gasteiger partial charge in [0, 0.05) is 39.1 Å². The van der Waals surface area contributed by atoms with Crippen molar-refractivity contribution in [2.75, 3.05) is 20.1 Å². The van der Waals surface area contributed by atoms with E-state index in [2.05, 4.69) is 53.7 Å². The third kappa shape index (κ3) is 6.84. The number of hydrogen-bond donors (Lipinski definition) is 2. The number of aryl methyl sites for hydroxylation is 1. The Hall–Kier alpha value is -1.31. The van der Waals surface area contributed by atoms with Crippen molar-refractivity contribution >= 4 is 35.8 Å². The largest absolute Gasteiger partial charge is 0.356 e. The number of carbonyl (C=O) groups is 1.